The maximum absolute atomic E-state index is 12.9. The zero-order valence-corrected chi connectivity index (χ0v) is 14.3. The van der Waals surface area contributed by atoms with Gasteiger partial charge in [0.25, 0.3) is 5.91 Å². The summed E-state index contributed by atoms with van der Waals surface area (Å²) in [5.74, 6) is 0.371. The molecule has 132 valence electrons. The second-order valence-electron chi connectivity index (χ2n) is 5.84. The fourth-order valence-corrected chi connectivity index (χ4v) is 2.72. The fraction of sp³-hybridized carbons (Fsp3) is 0.263. The molecule has 1 aromatic carbocycles. The summed E-state index contributed by atoms with van der Waals surface area (Å²) < 4.78 is 5.83. The van der Waals surface area contributed by atoms with Gasteiger partial charge in [0, 0.05) is 6.20 Å². The van der Waals surface area contributed by atoms with Crippen LogP contribution in [0.5, 0.6) is 5.75 Å². The van der Waals surface area contributed by atoms with Crippen LogP contribution in [0.4, 0.5) is 11.5 Å². The molecule has 1 unspecified atom stereocenters. The minimum absolute atomic E-state index is 0.0934. The topological polar surface area (TPSA) is 95.3 Å². The van der Waals surface area contributed by atoms with Crippen LogP contribution in [-0.4, -0.2) is 29.4 Å². The number of rotatable bonds is 5. The van der Waals surface area contributed by atoms with Crippen molar-refractivity contribution in [1.82, 2.24) is 4.98 Å². The third-order valence-electron chi connectivity index (χ3n) is 4.02. The molecule has 7 heteroatoms. The van der Waals surface area contributed by atoms with Crippen molar-refractivity contribution in [2.45, 2.75) is 25.9 Å². The first-order chi connectivity index (χ1) is 12.6. The number of fused-ring (bicyclic) bond motifs is 1. The number of hydrogen-bond acceptors (Lipinski definition) is 5. The van der Waals surface area contributed by atoms with Gasteiger partial charge in [-0.25, -0.2) is 4.98 Å². The van der Waals surface area contributed by atoms with E-state index >= 15 is 0 Å². The molecule has 1 N–H and O–H groups in total. The van der Waals surface area contributed by atoms with Crippen molar-refractivity contribution in [2.75, 3.05) is 16.8 Å². The number of nitrogens with zero attached hydrogens (tertiary/aromatic N) is 3. The van der Waals surface area contributed by atoms with Crippen LogP contribution < -0.4 is 15.0 Å². The largest absolute Gasteiger partial charge is 0.481 e. The molecule has 0 bridgehead atoms. The maximum Gasteiger partial charge on any atom is 0.269 e. The predicted octanol–water partition coefficient (Wildman–Crippen LogP) is 2.29. The van der Waals surface area contributed by atoms with E-state index in [2.05, 4.69) is 16.4 Å². The first-order valence-electron chi connectivity index (χ1n) is 8.31. The summed E-state index contributed by atoms with van der Waals surface area (Å²) >= 11 is 0. The number of nitrogens with one attached hydrogen (secondary N) is 1. The lowest BCUT2D eigenvalue weighted by molar-refractivity contribution is -0.127. The van der Waals surface area contributed by atoms with E-state index in [0.717, 1.165) is 5.56 Å². The van der Waals surface area contributed by atoms with Crippen molar-refractivity contribution in [1.29, 1.82) is 5.26 Å². The number of anilines is 2. The Morgan fingerprint density at radius 1 is 1.38 bits per heavy atom. The number of pyridine rings is 1. The Hall–Kier alpha value is -3.40. The molecule has 1 atom stereocenters. The Kier molecular flexibility index (Phi) is 5.13. The van der Waals surface area contributed by atoms with Crippen molar-refractivity contribution < 1.29 is 14.3 Å². The van der Waals surface area contributed by atoms with Gasteiger partial charge < -0.3 is 10.1 Å². The molecule has 0 saturated carbocycles. The van der Waals surface area contributed by atoms with E-state index < -0.39 is 6.10 Å². The molecule has 1 aliphatic heterocycles. The molecule has 1 aromatic heterocycles. The monoisotopic (exact) mass is 350 g/mol. The van der Waals surface area contributed by atoms with Crippen LogP contribution in [0, 0.1) is 11.3 Å². The van der Waals surface area contributed by atoms with Crippen molar-refractivity contribution >= 4 is 23.3 Å². The standard InChI is InChI=1S/C19H18N4O3/c1-2-16(26-14-7-5-13(6-8-14)9-10-20)19(25)23-12-17(24)22-15-4-3-11-21-18(15)23/h3-8,11,16H,2,9,12H2,1H3,(H,22,24). The van der Waals surface area contributed by atoms with E-state index in [0.29, 0.717) is 30.1 Å². The van der Waals surface area contributed by atoms with Crippen LogP contribution in [0.1, 0.15) is 18.9 Å². The second kappa shape index (κ2) is 7.66. The van der Waals surface area contributed by atoms with Gasteiger partial charge in [-0.1, -0.05) is 19.1 Å². The zero-order chi connectivity index (χ0) is 18.5. The van der Waals surface area contributed by atoms with Crippen molar-refractivity contribution in [3.05, 3.63) is 48.2 Å². The molecule has 26 heavy (non-hydrogen) atoms. The van der Waals surface area contributed by atoms with E-state index in [4.69, 9.17) is 10.00 Å². The lowest BCUT2D eigenvalue weighted by Crippen LogP contribution is -2.48. The number of benzene rings is 1. The minimum atomic E-state index is -0.738. The van der Waals surface area contributed by atoms with Crippen molar-refractivity contribution in [3.63, 3.8) is 0 Å². The Morgan fingerprint density at radius 2 is 2.15 bits per heavy atom. The normalized spacial score (nSPS) is 14.0. The molecule has 0 aliphatic carbocycles. The number of carbonyl (C=O) groups excluding carboxylic acids is 2. The molecule has 2 heterocycles. The molecule has 3 rings (SSSR count). The highest BCUT2D eigenvalue weighted by Gasteiger charge is 2.32. The van der Waals surface area contributed by atoms with Gasteiger partial charge >= 0.3 is 0 Å². The first-order valence-corrected chi connectivity index (χ1v) is 8.31. The SMILES string of the molecule is CCC(Oc1ccc(CC#N)cc1)C(=O)N1CC(=O)Nc2cccnc21. The van der Waals surface area contributed by atoms with Crippen LogP contribution in [-0.2, 0) is 16.0 Å². The number of hydrogen-bond donors (Lipinski definition) is 1. The van der Waals surface area contributed by atoms with E-state index in [1.165, 1.54) is 4.90 Å². The maximum atomic E-state index is 12.9. The van der Waals surface area contributed by atoms with E-state index in [1.807, 2.05) is 6.92 Å². The summed E-state index contributed by atoms with van der Waals surface area (Å²) in [6.45, 7) is 1.75. The van der Waals surface area contributed by atoms with Gasteiger partial charge in [0.2, 0.25) is 5.91 Å². The Labute approximate surface area is 151 Å². The molecule has 0 fully saturated rings. The predicted molar refractivity (Wildman–Crippen MR) is 95.7 cm³/mol. The molecular weight excluding hydrogens is 332 g/mol. The highest BCUT2D eigenvalue weighted by atomic mass is 16.5. The summed E-state index contributed by atoms with van der Waals surface area (Å²) in [5, 5.41) is 11.4. The number of amides is 2. The number of carbonyl (C=O) groups is 2. The van der Waals surface area contributed by atoms with Gasteiger partial charge in [-0.05, 0) is 36.2 Å². The van der Waals surface area contributed by atoms with E-state index in [1.54, 1.807) is 42.6 Å². The van der Waals surface area contributed by atoms with Gasteiger partial charge in [0.15, 0.2) is 11.9 Å². The highest BCUT2D eigenvalue weighted by molar-refractivity contribution is 6.10. The number of aromatic nitrogens is 1. The molecule has 0 saturated heterocycles. The molecule has 0 radical (unpaired) electrons. The van der Waals surface area contributed by atoms with Gasteiger partial charge in [0.05, 0.1) is 18.2 Å². The molecule has 2 amide bonds. The first kappa shape index (κ1) is 17.4. The third kappa shape index (κ3) is 3.64. The van der Waals surface area contributed by atoms with Crippen LogP contribution in [0.15, 0.2) is 42.6 Å². The molecule has 1 aliphatic rings. The molecule has 7 nitrogen and oxygen atoms in total. The van der Waals surface area contributed by atoms with Crippen LogP contribution >= 0.6 is 0 Å². The van der Waals surface area contributed by atoms with Crippen LogP contribution in [0.2, 0.25) is 0 Å². The smallest absolute Gasteiger partial charge is 0.269 e. The van der Waals surface area contributed by atoms with Crippen molar-refractivity contribution in [3.8, 4) is 11.8 Å². The summed E-state index contributed by atoms with van der Waals surface area (Å²) in [5.41, 5.74) is 1.39. The summed E-state index contributed by atoms with van der Waals surface area (Å²) in [6.07, 6.45) is 1.60. The van der Waals surface area contributed by atoms with Gasteiger partial charge in [-0.15, -0.1) is 0 Å². The lowest BCUT2D eigenvalue weighted by atomic mass is 10.1. The summed E-state index contributed by atoms with van der Waals surface area (Å²) in [6, 6.07) is 12.5. The third-order valence-corrected chi connectivity index (χ3v) is 4.02. The average molecular weight is 350 g/mol. The van der Waals surface area contributed by atoms with Gasteiger partial charge in [0.1, 0.15) is 12.3 Å². The second-order valence-corrected chi connectivity index (χ2v) is 5.84. The Morgan fingerprint density at radius 3 is 2.85 bits per heavy atom. The Balaban J connectivity index is 1.79. The number of ether oxygens (including phenoxy) is 1. The van der Waals surface area contributed by atoms with Gasteiger partial charge in [-0.3, -0.25) is 14.5 Å². The quantitative estimate of drug-likeness (QED) is 0.893. The molecular formula is C19H18N4O3. The average Bonchev–Trinajstić information content (AvgIpc) is 2.66. The van der Waals surface area contributed by atoms with Crippen LogP contribution in [0.3, 0.4) is 0 Å². The summed E-state index contributed by atoms with van der Waals surface area (Å²) in [4.78, 5) is 30.4. The lowest BCUT2D eigenvalue weighted by Gasteiger charge is -2.30. The zero-order valence-electron chi connectivity index (χ0n) is 14.3. The van der Waals surface area contributed by atoms with E-state index in [-0.39, 0.29) is 18.4 Å². The van der Waals surface area contributed by atoms with Crippen molar-refractivity contribution in [2.24, 2.45) is 0 Å². The fourth-order valence-electron chi connectivity index (χ4n) is 2.72. The molecule has 0 spiro atoms. The highest BCUT2D eigenvalue weighted by Crippen LogP contribution is 2.27. The summed E-state index contributed by atoms with van der Waals surface area (Å²) in [7, 11) is 0. The minimum Gasteiger partial charge on any atom is -0.481 e. The van der Waals surface area contributed by atoms with Gasteiger partial charge in [-0.2, -0.15) is 5.26 Å². The number of nitriles is 1. The Bertz CT molecular complexity index is 858. The molecule has 2 aromatic rings. The van der Waals surface area contributed by atoms with Crippen LogP contribution in [0.25, 0.3) is 0 Å². The van der Waals surface area contributed by atoms with E-state index in [9.17, 15) is 9.59 Å².